The molecule has 0 radical (unpaired) electrons. The lowest BCUT2D eigenvalue weighted by Gasteiger charge is -2.29. The van der Waals surface area contributed by atoms with Gasteiger partial charge in [0.1, 0.15) is 0 Å². The highest BCUT2D eigenvalue weighted by Crippen LogP contribution is 2.32. The lowest BCUT2D eigenvalue weighted by molar-refractivity contribution is 0.0910. The molecule has 102 valence electrons. The fraction of sp³-hybridized carbons (Fsp3) is 0.533. The first-order valence-electron chi connectivity index (χ1n) is 6.94. The van der Waals surface area contributed by atoms with Crippen LogP contribution in [-0.2, 0) is 0 Å². The third-order valence-electron chi connectivity index (χ3n) is 4.06. The Kier molecular flexibility index (Phi) is 3.32. The predicted molar refractivity (Wildman–Crippen MR) is 71.5 cm³/mol. The van der Waals surface area contributed by atoms with Gasteiger partial charge < -0.3 is 14.8 Å². The summed E-state index contributed by atoms with van der Waals surface area (Å²) in [5.74, 6) is 1.91. The van der Waals surface area contributed by atoms with Crippen LogP contribution < -0.4 is 14.8 Å². The van der Waals surface area contributed by atoms with Gasteiger partial charge in [0.05, 0.1) is 0 Å². The Bertz CT molecular complexity index is 486. The average molecular weight is 261 g/mol. The molecule has 1 aliphatic carbocycles. The number of benzene rings is 1. The van der Waals surface area contributed by atoms with E-state index in [1.165, 1.54) is 19.3 Å². The Morgan fingerprint density at radius 2 is 2.00 bits per heavy atom. The Balaban J connectivity index is 1.70. The number of hydrogen-bond acceptors (Lipinski definition) is 3. The molecule has 0 spiro atoms. The third kappa shape index (κ3) is 2.53. The molecule has 3 rings (SSSR count). The van der Waals surface area contributed by atoms with Crippen molar-refractivity contribution in [3.63, 3.8) is 0 Å². The minimum Gasteiger partial charge on any atom is -0.454 e. The molecule has 1 aromatic rings. The Labute approximate surface area is 113 Å². The highest BCUT2D eigenvalue weighted by molar-refractivity contribution is 5.95. The monoisotopic (exact) mass is 261 g/mol. The second-order valence-electron chi connectivity index (χ2n) is 5.41. The SMILES string of the molecule is C[C@@H]1CCCC[C@H]1NC(=O)c1ccc2c(c1)OCO2. The van der Waals surface area contributed by atoms with E-state index in [-0.39, 0.29) is 12.7 Å². The van der Waals surface area contributed by atoms with Crippen LogP contribution in [0.4, 0.5) is 0 Å². The maximum Gasteiger partial charge on any atom is 0.251 e. The molecule has 0 saturated heterocycles. The van der Waals surface area contributed by atoms with Gasteiger partial charge in [-0.2, -0.15) is 0 Å². The van der Waals surface area contributed by atoms with Crippen molar-refractivity contribution in [2.24, 2.45) is 5.92 Å². The van der Waals surface area contributed by atoms with E-state index in [2.05, 4.69) is 12.2 Å². The maximum absolute atomic E-state index is 12.3. The Morgan fingerprint density at radius 1 is 1.21 bits per heavy atom. The molecule has 1 saturated carbocycles. The van der Waals surface area contributed by atoms with E-state index in [0.29, 0.717) is 29.0 Å². The fourth-order valence-electron chi connectivity index (χ4n) is 2.82. The van der Waals surface area contributed by atoms with Gasteiger partial charge >= 0.3 is 0 Å². The van der Waals surface area contributed by atoms with Crippen molar-refractivity contribution < 1.29 is 14.3 Å². The maximum atomic E-state index is 12.3. The van der Waals surface area contributed by atoms with Crippen LogP contribution in [-0.4, -0.2) is 18.7 Å². The average Bonchev–Trinajstić information content (AvgIpc) is 2.88. The van der Waals surface area contributed by atoms with Gasteiger partial charge in [-0.3, -0.25) is 4.79 Å². The van der Waals surface area contributed by atoms with E-state index in [1.54, 1.807) is 18.2 Å². The topological polar surface area (TPSA) is 47.6 Å². The summed E-state index contributed by atoms with van der Waals surface area (Å²) in [4.78, 5) is 12.3. The molecule has 1 aromatic carbocycles. The second kappa shape index (κ2) is 5.11. The van der Waals surface area contributed by atoms with E-state index in [9.17, 15) is 4.79 Å². The van der Waals surface area contributed by atoms with Crippen LogP contribution in [0.1, 0.15) is 43.0 Å². The zero-order valence-corrected chi connectivity index (χ0v) is 11.1. The minimum absolute atomic E-state index is 0.0166. The molecule has 0 bridgehead atoms. The zero-order valence-electron chi connectivity index (χ0n) is 11.1. The van der Waals surface area contributed by atoms with Gasteiger partial charge in [0.25, 0.3) is 5.91 Å². The lowest BCUT2D eigenvalue weighted by atomic mass is 9.86. The van der Waals surface area contributed by atoms with Gasteiger partial charge in [0, 0.05) is 11.6 Å². The van der Waals surface area contributed by atoms with Crippen molar-refractivity contribution in [3.05, 3.63) is 23.8 Å². The summed E-state index contributed by atoms with van der Waals surface area (Å²) in [6, 6.07) is 5.63. The molecule has 2 aliphatic rings. The van der Waals surface area contributed by atoms with Crippen LogP contribution >= 0.6 is 0 Å². The summed E-state index contributed by atoms with van der Waals surface area (Å²) in [5, 5.41) is 3.14. The molecule has 4 nitrogen and oxygen atoms in total. The van der Waals surface area contributed by atoms with E-state index >= 15 is 0 Å². The van der Waals surface area contributed by atoms with E-state index in [4.69, 9.17) is 9.47 Å². The third-order valence-corrected chi connectivity index (χ3v) is 4.06. The molecule has 1 amide bonds. The molecule has 0 aromatic heterocycles. The number of amides is 1. The van der Waals surface area contributed by atoms with Crippen molar-refractivity contribution >= 4 is 5.91 Å². The number of rotatable bonds is 2. The molecule has 1 N–H and O–H groups in total. The van der Waals surface area contributed by atoms with Crippen molar-refractivity contribution in [1.82, 2.24) is 5.32 Å². The first kappa shape index (κ1) is 12.3. The highest BCUT2D eigenvalue weighted by atomic mass is 16.7. The molecule has 2 atom stereocenters. The molecule has 4 heteroatoms. The second-order valence-corrected chi connectivity index (χ2v) is 5.41. The Hall–Kier alpha value is -1.71. The van der Waals surface area contributed by atoms with E-state index < -0.39 is 0 Å². The first-order chi connectivity index (χ1) is 9.24. The normalized spacial score (nSPS) is 25.1. The summed E-state index contributed by atoms with van der Waals surface area (Å²) < 4.78 is 10.5. The van der Waals surface area contributed by atoms with Crippen LogP contribution in [0.15, 0.2) is 18.2 Å². The number of fused-ring (bicyclic) bond motifs is 1. The largest absolute Gasteiger partial charge is 0.454 e. The van der Waals surface area contributed by atoms with Gasteiger partial charge in [-0.05, 0) is 37.0 Å². The van der Waals surface area contributed by atoms with Crippen LogP contribution in [0, 0.1) is 5.92 Å². The summed E-state index contributed by atoms with van der Waals surface area (Å²) in [7, 11) is 0. The first-order valence-corrected chi connectivity index (χ1v) is 6.94. The van der Waals surface area contributed by atoms with Gasteiger partial charge in [0.15, 0.2) is 11.5 Å². The molecule has 1 heterocycles. The summed E-state index contributed by atoms with van der Waals surface area (Å²) in [6.45, 7) is 2.45. The molecular formula is C15H19NO3. The Morgan fingerprint density at radius 3 is 2.84 bits per heavy atom. The predicted octanol–water partition coefficient (Wildman–Crippen LogP) is 2.72. The van der Waals surface area contributed by atoms with Gasteiger partial charge in [-0.1, -0.05) is 19.8 Å². The minimum atomic E-state index is -0.0166. The number of hydrogen-bond donors (Lipinski definition) is 1. The van der Waals surface area contributed by atoms with Gasteiger partial charge in [-0.25, -0.2) is 0 Å². The number of nitrogens with one attached hydrogen (secondary N) is 1. The van der Waals surface area contributed by atoms with Crippen LogP contribution in [0.3, 0.4) is 0 Å². The number of carbonyl (C=O) groups is 1. The molecule has 0 unspecified atom stereocenters. The van der Waals surface area contributed by atoms with E-state index in [0.717, 1.165) is 6.42 Å². The van der Waals surface area contributed by atoms with Crippen molar-refractivity contribution in [2.75, 3.05) is 6.79 Å². The quantitative estimate of drug-likeness (QED) is 0.890. The van der Waals surface area contributed by atoms with Crippen LogP contribution in [0.2, 0.25) is 0 Å². The van der Waals surface area contributed by atoms with Gasteiger partial charge in [0.2, 0.25) is 6.79 Å². The highest BCUT2D eigenvalue weighted by Gasteiger charge is 2.24. The lowest BCUT2D eigenvalue weighted by Crippen LogP contribution is -2.41. The van der Waals surface area contributed by atoms with Crippen molar-refractivity contribution in [1.29, 1.82) is 0 Å². The van der Waals surface area contributed by atoms with Crippen LogP contribution in [0.25, 0.3) is 0 Å². The standard InChI is InChI=1S/C15H19NO3/c1-10-4-2-3-5-12(10)16-15(17)11-6-7-13-14(8-11)19-9-18-13/h6-8,10,12H,2-5,9H2,1H3,(H,16,17)/t10-,12-/m1/s1. The van der Waals surface area contributed by atoms with Crippen molar-refractivity contribution in [2.45, 2.75) is 38.6 Å². The summed E-state index contributed by atoms with van der Waals surface area (Å²) in [6.07, 6.45) is 4.76. The fourth-order valence-corrected chi connectivity index (χ4v) is 2.82. The smallest absolute Gasteiger partial charge is 0.251 e. The molecule has 19 heavy (non-hydrogen) atoms. The summed E-state index contributed by atoms with van der Waals surface area (Å²) >= 11 is 0. The van der Waals surface area contributed by atoms with E-state index in [1.807, 2.05) is 0 Å². The van der Waals surface area contributed by atoms with Crippen LogP contribution in [0.5, 0.6) is 11.5 Å². The number of carbonyl (C=O) groups excluding carboxylic acids is 1. The molecule has 1 aliphatic heterocycles. The number of ether oxygens (including phenoxy) is 2. The zero-order chi connectivity index (χ0) is 13.2. The molecular weight excluding hydrogens is 242 g/mol. The van der Waals surface area contributed by atoms with Gasteiger partial charge in [-0.15, -0.1) is 0 Å². The summed E-state index contributed by atoms with van der Waals surface area (Å²) in [5.41, 5.74) is 0.641. The van der Waals surface area contributed by atoms with Crippen molar-refractivity contribution in [3.8, 4) is 11.5 Å². The molecule has 1 fully saturated rings.